The molecule has 2 amide bonds. The summed E-state index contributed by atoms with van der Waals surface area (Å²) in [4.78, 5) is 31.7. The molecular formula is C41H51N5O5Si. The molecule has 10 nitrogen and oxygen atoms in total. The second kappa shape index (κ2) is 14.6. The number of aliphatic hydroxyl groups is 1. The minimum atomic E-state index is -2.34. The molecule has 0 bridgehead atoms. The number of aryl methyl sites for hydroxylation is 1. The summed E-state index contributed by atoms with van der Waals surface area (Å²) in [5, 5.41) is 20.5. The normalized spacial score (nSPS) is 24.2. The number of aliphatic hydroxyl groups excluding tert-OH is 1. The highest BCUT2D eigenvalue weighted by Gasteiger charge is 2.65. The van der Waals surface area contributed by atoms with Gasteiger partial charge in [0.25, 0.3) is 5.91 Å². The number of fused-ring (bicyclic) bond motifs is 2. The number of carbonyl (C=O) groups excluding carboxylic acids is 2. The quantitative estimate of drug-likeness (QED) is 0.201. The van der Waals surface area contributed by atoms with Crippen LogP contribution in [0.4, 0.5) is 11.4 Å². The molecule has 1 N–H and O–H groups in total. The van der Waals surface area contributed by atoms with Crippen molar-refractivity contribution in [2.24, 2.45) is 5.92 Å². The van der Waals surface area contributed by atoms with E-state index < -0.39 is 13.7 Å². The van der Waals surface area contributed by atoms with Gasteiger partial charge in [0.2, 0.25) is 5.91 Å². The molecular weight excluding hydrogens is 671 g/mol. The summed E-state index contributed by atoms with van der Waals surface area (Å²) >= 11 is 0. The number of benzene rings is 3. The standard InChI is InChI=1S/C41H51N5O5Si/c1-28-39(52(4,5)32-19-17-31(50-3)18-20-32)37(22-24-45-26-35(42-43-45)33(27-47)29-13-9-8-10-14-29)51-41(28)34-25-30(16-21-36(34)44(2)40(41)49)46-23-12-7-6-11-15-38(46)48/h8-10,13-14,16-21,25-26,28,33,37,39,47H,6-7,11-12,15,22-24,27H2,1-5H3/t28-,33?,37+,39-,41+/m1/s1. The molecule has 4 aromatic rings. The molecule has 7 rings (SSSR count). The number of hydrogen-bond acceptors (Lipinski definition) is 7. The van der Waals surface area contributed by atoms with Gasteiger partial charge in [0.1, 0.15) is 5.75 Å². The molecule has 1 aromatic heterocycles. The Kier molecular flexibility index (Phi) is 10.1. The van der Waals surface area contributed by atoms with Crippen LogP contribution in [0.1, 0.15) is 68.2 Å². The molecule has 3 aromatic carbocycles. The van der Waals surface area contributed by atoms with Gasteiger partial charge in [-0.1, -0.05) is 85.7 Å². The number of amides is 2. The van der Waals surface area contributed by atoms with Gasteiger partial charge in [-0.25, -0.2) is 0 Å². The lowest BCUT2D eigenvalue weighted by molar-refractivity contribution is -0.145. The van der Waals surface area contributed by atoms with Crippen molar-refractivity contribution in [2.45, 2.75) is 88.3 Å². The van der Waals surface area contributed by atoms with Gasteiger partial charge in [-0.05, 0) is 60.7 Å². The Balaban J connectivity index is 1.25. The summed E-state index contributed by atoms with van der Waals surface area (Å²) < 4.78 is 14.6. The van der Waals surface area contributed by atoms with E-state index in [2.05, 4.69) is 48.5 Å². The number of hydrogen-bond donors (Lipinski definition) is 1. The molecule has 4 heterocycles. The van der Waals surface area contributed by atoms with Crippen molar-refractivity contribution in [3.8, 4) is 5.75 Å². The number of likely N-dealkylation sites (N-methyl/N-ethyl adjacent to an activating group) is 1. The minimum absolute atomic E-state index is 0.0603. The third kappa shape index (κ3) is 6.26. The maximum absolute atomic E-state index is 14.7. The molecule has 0 saturated carbocycles. The van der Waals surface area contributed by atoms with E-state index >= 15 is 0 Å². The van der Waals surface area contributed by atoms with Gasteiger partial charge in [-0.15, -0.1) is 5.10 Å². The molecule has 0 radical (unpaired) electrons. The van der Waals surface area contributed by atoms with Crippen LogP contribution in [0, 0.1) is 5.92 Å². The summed E-state index contributed by atoms with van der Waals surface area (Å²) in [6, 6.07) is 24.3. The number of aromatic nitrogens is 3. The van der Waals surface area contributed by atoms with Crippen molar-refractivity contribution in [1.82, 2.24) is 15.0 Å². The monoisotopic (exact) mass is 721 g/mol. The van der Waals surface area contributed by atoms with Crippen LogP contribution in [-0.2, 0) is 26.5 Å². The molecule has 274 valence electrons. The topological polar surface area (TPSA) is 110 Å². The Morgan fingerprint density at radius 1 is 1.02 bits per heavy atom. The van der Waals surface area contributed by atoms with Crippen LogP contribution in [0.3, 0.4) is 0 Å². The van der Waals surface area contributed by atoms with E-state index in [1.165, 1.54) is 5.19 Å². The van der Waals surface area contributed by atoms with Crippen molar-refractivity contribution < 1.29 is 24.2 Å². The third-order valence-electron chi connectivity index (χ3n) is 12.0. The van der Waals surface area contributed by atoms with Gasteiger partial charge >= 0.3 is 0 Å². The number of carbonyl (C=O) groups is 2. The molecule has 2 fully saturated rings. The van der Waals surface area contributed by atoms with Crippen LogP contribution in [0.5, 0.6) is 5.75 Å². The zero-order valence-electron chi connectivity index (χ0n) is 31.0. The van der Waals surface area contributed by atoms with E-state index in [0.717, 1.165) is 53.9 Å². The van der Waals surface area contributed by atoms with Crippen molar-refractivity contribution >= 4 is 36.4 Å². The fourth-order valence-electron chi connectivity index (χ4n) is 9.17. The fourth-order valence-corrected chi connectivity index (χ4v) is 13.2. The molecule has 11 heteroatoms. The van der Waals surface area contributed by atoms with Crippen LogP contribution >= 0.6 is 0 Å². The van der Waals surface area contributed by atoms with Crippen LogP contribution in [0.15, 0.2) is 79.0 Å². The van der Waals surface area contributed by atoms with E-state index in [4.69, 9.17) is 9.47 Å². The smallest absolute Gasteiger partial charge is 0.264 e. The Hall–Kier alpha value is -4.32. The molecule has 1 spiro atoms. The molecule has 2 saturated heterocycles. The highest BCUT2D eigenvalue weighted by molar-refractivity contribution is 6.91. The zero-order valence-corrected chi connectivity index (χ0v) is 32.0. The Labute approximate surface area is 307 Å². The highest BCUT2D eigenvalue weighted by atomic mass is 28.3. The third-order valence-corrected chi connectivity index (χ3v) is 16.4. The first-order valence-electron chi connectivity index (χ1n) is 18.7. The molecule has 5 atom stereocenters. The molecule has 1 unspecified atom stereocenters. The van der Waals surface area contributed by atoms with Crippen molar-refractivity contribution in [2.75, 3.05) is 37.1 Å². The predicted octanol–water partition coefficient (Wildman–Crippen LogP) is 5.99. The number of rotatable bonds is 10. The first-order chi connectivity index (χ1) is 25.1. The van der Waals surface area contributed by atoms with Gasteiger partial charge < -0.3 is 24.4 Å². The number of methoxy groups -OCH3 is 1. The number of nitrogens with zero attached hydrogens (tertiary/aromatic N) is 5. The van der Waals surface area contributed by atoms with Crippen LogP contribution in [0.2, 0.25) is 18.6 Å². The molecule has 3 aliphatic rings. The maximum atomic E-state index is 14.7. The van der Waals surface area contributed by atoms with Gasteiger partial charge in [-0.2, -0.15) is 0 Å². The lowest BCUT2D eigenvalue weighted by Gasteiger charge is -2.37. The summed E-state index contributed by atoms with van der Waals surface area (Å²) in [6.07, 6.45) is 6.86. The number of ether oxygens (including phenoxy) is 2. The van der Waals surface area contributed by atoms with E-state index in [0.29, 0.717) is 31.6 Å². The molecule has 52 heavy (non-hydrogen) atoms. The van der Waals surface area contributed by atoms with E-state index in [-0.39, 0.29) is 41.9 Å². The second-order valence-electron chi connectivity index (χ2n) is 15.3. The van der Waals surface area contributed by atoms with Crippen LogP contribution in [0.25, 0.3) is 0 Å². The maximum Gasteiger partial charge on any atom is 0.264 e. The van der Waals surface area contributed by atoms with Crippen LogP contribution in [-0.4, -0.2) is 73.4 Å². The average molecular weight is 722 g/mol. The minimum Gasteiger partial charge on any atom is -0.497 e. The first-order valence-corrected chi connectivity index (χ1v) is 21.8. The lowest BCUT2D eigenvalue weighted by atomic mass is 9.82. The molecule has 0 aliphatic carbocycles. The largest absolute Gasteiger partial charge is 0.497 e. The summed E-state index contributed by atoms with van der Waals surface area (Å²) in [5.41, 5.74) is 3.09. The number of anilines is 2. The lowest BCUT2D eigenvalue weighted by Crippen LogP contribution is -2.51. The Morgan fingerprint density at radius 2 is 1.77 bits per heavy atom. The summed E-state index contributed by atoms with van der Waals surface area (Å²) in [5.74, 6) is 0.462. The molecule has 3 aliphatic heterocycles. The highest BCUT2D eigenvalue weighted by Crippen LogP contribution is 2.60. The Bertz CT molecular complexity index is 1900. The van der Waals surface area contributed by atoms with Crippen LogP contribution < -0.4 is 19.7 Å². The van der Waals surface area contributed by atoms with E-state index in [9.17, 15) is 14.7 Å². The van der Waals surface area contributed by atoms with Gasteiger partial charge in [0.05, 0.1) is 45.2 Å². The zero-order chi connectivity index (χ0) is 36.6. The second-order valence-corrected chi connectivity index (χ2v) is 20.0. The van der Waals surface area contributed by atoms with E-state index in [1.807, 2.05) is 77.4 Å². The van der Waals surface area contributed by atoms with Gasteiger partial charge in [-0.3, -0.25) is 14.3 Å². The fraction of sp³-hybridized carbons (Fsp3) is 0.463. The SMILES string of the molecule is COc1ccc([Si](C)(C)[C@H]2[C@H](CCn3cc(C(CO)c4ccccc4)nn3)O[C@@]3(C(=O)N(C)c4ccc(N5CCCCCCC5=O)cc43)[C@@H]2C)cc1. The van der Waals surface area contributed by atoms with Crippen molar-refractivity contribution in [3.05, 3.63) is 95.8 Å². The van der Waals surface area contributed by atoms with Crippen molar-refractivity contribution in [1.29, 1.82) is 0 Å². The summed E-state index contributed by atoms with van der Waals surface area (Å²) in [6.45, 7) is 8.09. The summed E-state index contributed by atoms with van der Waals surface area (Å²) in [7, 11) is 1.17. The van der Waals surface area contributed by atoms with Crippen molar-refractivity contribution in [3.63, 3.8) is 0 Å². The Morgan fingerprint density at radius 3 is 2.50 bits per heavy atom. The average Bonchev–Trinajstić information content (AvgIpc) is 3.80. The van der Waals surface area contributed by atoms with E-state index in [1.54, 1.807) is 12.0 Å². The van der Waals surface area contributed by atoms with Gasteiger partial charge in [0, 0.05) is 49.9 Å². The predicted molar refractivity (Wildman–Crippen MR) is 205 cm³/mol. The van der Waals surface area contributed by atoms with Gasteiger partial charge in [0.15, 0.2) is 5.60 Å². The first kappa shape index (κ1) is 36.1.